The third kappa shape index (κ3) is 9.58. The zero-order valence-corrected chi connectivity index (χ0v) is 18.2. The summed E-state index contributed by atoms with van der Waals surface area (Å²) in [6, 6.07) is 0.132. The molecule has 1 rings (SSSR count). The molecule has 3 nitrogen and oxygen atoms in total. The molecule has 0 aromatic rings. The van der Waals surface area contributed by atoms with E-state index in [9.17, 15) is 9.59 Å². The van der Waals surface area contributed by atoms with Gasteiger partial charge in [0.05, 0.1) is 6.04 Å². The summed E-state index contributed by atoms with van der Waals surface area (Å²) < 4.78 is 0. The van der Waals surface area contributed by atoms with Gasteiger partial charge in [-0.15, -0.1) is 0 Å². The highest BCUT2D eigenvalue weighted by atomic mass is 16.2. The van der Waals surface area contributed by atoms with E-state index in [-0.39, 0.29) is 17.7 Å². The summed E-state index contributed by atoms with van der Waals surface area (Å²) in [6.45, 7) is 7.12. The summed E-state index contributed by atoms with van der Waals surface area (Å²) in [5.74, 6) is -0.471. The number of amides is 1. The van der Waals surface area contributed by atoms with Gasteiger partial charge in [-0.1, -0.05) is 103 Å². The molecule has 1 heterocycles. The van der Waals surface area contributed by atoms with E-state index in [1.807, 2.05) is 4.90 Å². The maximum atomic E-state index is 12.1. The van der Waals surface area contributed by atoms with E-state index in [0.717, 1.165) is 19.3 Å². The van der Waals surface area contributed by atoms with Gasteiger partial charge in [-0.2, -0.15) is 0 Å². The van der Waals surface area contributed by atoms with Gasteiger partial charge in [-0.05, 0) is 19.8 Å². The van der Waals surface area contributed by atoms with Crippen molar-refractivity contribution < 1.29 is 9.59 Å². The summed E-state index contributed by atoms with van der Waals surface area (Å²) in [6.07, 6.45) is 20.7. The highest BCUT2D eigenvalue weighted by molar-refractivity contribution is 6.38. The Balaban J connectivity index is 2.16. The summed E-state index contributed by atoms with van der Waals surface area (Å²) in [4.78, 5) is 25.6. The summed E-state index contributed by atoms with van der Waals surface area (Å²) in [7, 11) is 0. The van der Waals surface area contributed by atoms with Gasteiger partial charge in [0.15, 0.2) is 0 Å². The zero-order valence-electron chi connectivity index (χ0n) is 18.2. The Morgan fingerprint density at radius 3 is 1.85 bits per heavy atom. The van der Waals surface area contributed by atoms with Crippen LogP contribution in [-0.4, -0.2) is 29.2 Å². The Morgan fingerprint density at radius 1 is 0.889 bits per heavy atom. The number of likely N-dealkylation sites (tertiary alicyclic amines) is 1. The number of hydrogen-bond donors (Lipinski definition) is 0. The fourth-order valence-corrected chi connectivity index (χ4v) is 4.15. The van der Waals surface area contributed by atoms with Gasteiger partial charge < -0.3 is 4.90 Å². The van der Waals surface area contributed by atoms with Crippen LogP contribution in [0.3, 0.4) is 0 Å². The molecule has 0 bridgehead atoms. The molecule has 0 spiro atoms. The lowest BCUT2D eigenvalue weighted by Gasteiger charge is -2.28. The second-order valence-corrected chi connectivity index (χ2v) is 8.22. The smallest absolute Gasteiger partial charge is 0.290 e. The van der Waals surface area contributed by atoms with Gasteiger partial charge in [0, 0.05) is 13.0 Å². The van der Waals surface area contributed by atoms with Gasteiger partial charge in [-0.25, -0.2) is 0 Å². The number of Topliss-reactive ketones (excluding diaryl/α,β-unsaturated/α-hetero) is 1. The number of unbranched alkanes of at least 4 members (excludes halogenated alkanes) is 11. The van der Waals surface area contributed by atoms with Crippen molar-refractivity contribution in [2.75, 3.05) is 6.54 Å². The van der Waals surface area contributed by atoms with E-state index in [0.29, 0.717) is 13.0 Å². The molecular weight excluding hydrogens is 334 g/mol. The Kier molecular flexibility index (Phi) is 13.2. The summed E-state index contributed by atoms with van der Waals surface area (Å²) >= 11 is 0. The van der Waals surface area contributed by atoms with Crippen molar-refractivity contribution in [3.8, 4) is 0 Å². The van der Waals surface area contributed by atoms with E-state index in [2.05, 4.69) is 26.8 Å². The van der Waals surface area contributed by atoms with Crippen molar-refractivity contribution in [3.05, 3.63) is 11.6 Å². The monoisotopic (exact) mass is 377 g/mol. The van der Waals surface area contributed by atoms with Crippen LogP contribution in [0.1, 0.15) is 117 Å². The Bertz CT molecular complexity index is 455. The molecule has 0 radical (unpaired) electrons. The van der Waals surface area contributed by atoms with E-state index < -0.39 is 0 Å². The van der Waals surface area contributed by atoms with Crippen LogP contribution in [0.15, 0.2) is 11.6 Å². The fraction of sp³-hybridized carbons (Fsp3) is 0.833. The summed E-state index contributed by atoms with van der Waals surface area (Å²) in [5.41, 5.74) is 1.25. The minimum Gasteiger partial charge on any atom is -0.329 e. The van der Waals surface area contributed by atoms with Gasteiger partial charge >= 0.3 is 0 Å². The first-order valence-corrected chi connectivity index (χ1v) is 11.6. The molecule has 0 aliphatic carbocycles. The molecule has 1 fully saturated rings. The highest BCUT2D eigenvalue weighted by Crippen LogP contribution is 2.23. The van der Waals surface area contributed by atoms with Crippen molar-refractivity contribution in [2.45, 2.75) is 123 Å². The molecule has 1 aliphatic rings. The predicted octanol–water partition coefficient (Wildman–Crippen LogP) is 6.60. The Labute approximate surface area is 168 Å². The number of allylic oxidation sites excluding steroid dienone is 1. The molecule has 1 amide bonds. The lowest BCUT2D eigenvalue weighted by Crippen LogP contribution is -2.38. The lowest BCUT2D eigenvalue weighted by molar-refractivity contribution is -0.140. The first-order chi connectivity index (χ1) is 13.1. The maximum absolute atomic E-state index is 12.1. The number of rotatable bonds is 16. The second-order valence-electron chi connectivity index (χ2n) is 8.22. The van der Waals surface area contributed by atoms with Crippen LogP contribution >= 0.6 is 0 Å². The first-order valence-electron chi connectivity index (χ1n) is 11.6. The molecule has 156 valence electrons. The Hall–Kier alpha value is -1.12. The third-order valence-corrected chi connectivity index (χ3v) is 5.84. The van der Waals surface area contributed by atoms with Gasteiger partial charge in [-0.3, -0.25) is 9.59 Å². The molecule has 1 saturated heterocycles. The lowest BCUT2D eigenvalue weighted by atomic mass is 9.98. The van der Waals surface area contributed by atoms with E-state index in [1.54, 1.807) is 0 Å². The van der Waals surface area contributed by atoms with Crippen molar-refractivity contribution in [2.24, 2.45) is 0 Å². The third-order valence-electron chi connectivity index (χ3n) is 5.84. The average molecular weight is 378 g/mol. The number of carbonyl (C=O) groups is 2. The van der Waals surface area contributed by atoms with Crippen LogP contribution in [0.25, 0.3) is 0 Å². The zero-order chi connectivity index (χ0) is 19.9. The average Bonchev–Trinajstić information content (AvgIpc) is 2.98. The van der Waals surface area contributed by atoms with Gasteiger partial charge in [0.25, 0.3) is 5.91 Å². The predicted molar refractivity (Wildman–Crippen MR) is 115 cm³/mol. The number of hydrogen-bond acceptors (Lipinski definition) is 2. The van der Waals surface area contributed by atoms with E-state index >= 15 is 0 Å². The van der Waals surface area contributed by atoms with Crippen LogP contribution in [0.2, 0.25) is 0 Å². The molecule has 0 aromatic carbocycles. The second kappa shape index (κ2) is 14.9. The van der Waals surface area contributed by atoms with Crippen LogP contribution in [-0.2, 0) is 9.59 Å². The van der Waals surface area contributed by atoms with Gasteiger partial charge in [0.2, 0.25) is 5.78 Å². The molecule has 0 N–H and O–H groups in total. The van der Waals surface area contributed by atoms with Crippen molar-refractivity contribution >= 4 is 11.7 Å². The minimum atomic E-state index is -0.261. The van der Waals surface area contributed by atoms with Crippen LogP contribution in [0.5, 0.6) is 0 Å². The van der Waals surface area contributed by atoms with E-state index in [1.165, 1.54) is 76.2 Å². The quantitative estimate of drug-likeness (QED) is 0.172. The maximum Gasteiger partial charge on any atom is 0.290 e. The molecule has 3 heteroatoms. The normalized spacial score (nSPS) is 16.4. The Morgan fingerprint density at radius 2 is 1.41 bits per heavy atom. The van der Waals surface area contributed by atoms with Crippen LogP contribution in [0, 0.1) is 0 Å². The number of carbonyl (C=O) groups excluding carboxylic acids is 2. The van der Waals surface area contributed by atoms with Crippen LogP contribution in [0.4, 0.5) is 0 Å². The molecular formula is C24H43NO2. The number of ketones is 1. The van der Waals surface area contributed by atoms with Crippen molar-refractivity contribution in [1.29, 1.82) is 0 Å². The standard InChI is InChI=1S/C24H43NO2/c1-4-6-7-8-9-10-11-12-13-14-15-16-18-22(21(3)17-5-2)25-20-19-23(26)24(25)27/h17,22H,4-16,18-20H2,1-3H3. The van der Waals surface area contributed by atoms with Crippen molar-refractivity contribution in [1.82, 2.24) is 4.90 Å². The molecule has 1 unspecified atom stereocenters. The largest absolute Gasteiger partial charge is 0.329 e. The molecule has 0 saturated carbocycles. The first kappa shape index (κ1) is 23.9. The van der Waals surface area contributed by atoms with Crippen molar-refractivity contribution in [3.63, 3.8) is 0 Å². The molecule has 27 heavy (non-hydrogen) atoms. The summed E-state index contributed by atoms with van der Waals surface area (Å²) in [5, 5.41) is 0. The van der Waals surface area contributed by atoms with Gasteiger partial charge in [0.1, 0.15) is 0 Å². The highest BCUT2D eigenvalue weighted by Gasteiger charge is 2.34. The number of nitrogens with zero attached hydrogens (tertiary/aromatic N) is 1. The molecule has 1 aliphatic heterocycles. The molecule has 1 atom stereocenters. The fourth-order valence-electron chi connectivity index (χ4n) is 4.15. The minimum absolute atomic E-state index is 0.132. The van der Waals surface area contributed by atoms with E-state index in [4.69, 9.17) is 0 Å². The topological polar surface area (TPSA) is 37.4 Å². The molecule has 0 aromatic heterocycles. The SMILES string of the molecule is CCC=C(C)C(CCCCCCCCCCCCCC)N1CCC(=O)C1=O. The van der Waals surface area contributed by atoms with Crippen LogP contribution < -0.4 is 0 Å².